The molecule has 2 atom stereocenters. The lowest BCUT2D eigenvalue weighted by Gasteiger charge is -2.19. The summed E-state index contributed by atoms with van der Waals surface area (Å²) < 4.78 is 34.4. The largest absolute Gasteiger partial charge is 0.490 e. The Hall–Kier alpha value is -2.65. The number of aryl methyl sites for hydroxylation is 1. The fourth-order valence-corrected chi connectivity index (χ4v) is 5.33. The molecule has 1 fully saturated rings. The fraction of sp³-hybridized carbons (Fsp3) is 0.333. The Balaban J connectivity index is 1.54. The maximum Gasteiger partial charge on any atom is 0.253 e. The van der Waals surface area contributed by atoms with Gasteiger partial charge in [-0.2, -0.15) is 4.31 Å². The van der Waals surface area contributed by atoms with Crippen LogP contribution in [0, 0.1) is 0 Å². The van der Waals surface area contributed by atoms with Crippen LogP contribution < -0.4 is 15.6 Å². The molecule has 1 amide bonds. The summed E-state index contributed by atoms with van der Waals surface area (Å²) in [5.74, 6) is 0.0182. The number of carbonyl (C=O) groups excluding carboxylic acids is 1. The van der Waals surface area contributed by atoms with Crippen LogP contribution in [0.2, 0.25) is 0 Å². The van der Waals surface area contributed by atoms with E-state index in [-0.39, 0.29) is 41.6 Å². The lowest BCUT2D eigenvalue weighted by Crippen LogP contribution is -2.39. The third-order valence-corrected chi connectivity index (χ3v) is 6.87. The minimum Gasteiger partial charge on any atom is -0.490 e. The van der Waals surface area contributed by atoms with Crippen molar-refractivity contribution in [2.24, 2.45) is 7.05 Å². The Labute approximate surface area is 156 Å². The molecule has 8 nitrogen and oxygen atoms in total. The summed E-state index contributed by atoms with van der Waals surface area (Å²) >= 11 is 0. The van der Waals surface area contributed by atoms with Crippen molar-refractivity contribution in [3.05, 3.63) is 58.5 Å². The number of fused-ring (bicyclic) bond motifs is 2. The van der Waals surface area contributed by atoms with Crippen molar-refractivity contribution in [1.29, 1.82) is 0 Å². The van der Waals surface area contributed by atoms with Crippen molar-refractivity contribution in [2.45, 2.75) is 23.4 Å². The zero-order chi connectivity index (χ0) is 19.2. The number of amides is 1. The molecule has 0 radical (unpaired) electrons. The van der Waals surface area contributed by atoms with Crippen LogP contribution in [0.3, 0.4) is 0 Å². The zero-order valence-corrected chi connectivity index (χ0v) is 15.5. The van der Waals surface area contributed by atoms with Crippen LogP contribution in [-0.2, 0) is 17.1 Å². The number of para-hydroxylation sites is 1. The molecule has 2 aliphatic rings. The Bertz CT molecular complexity index is 1060. The minimum absolute atomic E-state index is 0.150. The molecule has 3 heterocycles. The van der Waals surface area contributed by atoms with E-state index in [0.717, 1.165) is 0 Å². The van der Waals surface area contributed by atoms with E-state index >= 15 is 0 Å². The molecule has 9 heteroatoms. The van der Waals surface area contributed by atoms with Crippen molar-refractivity contribution in [1.82, 2.24) is 14.2 Å². The van der Waals surface area contributed by atoms with Crippen LogP contribution in [-0.4, -0.2) is 48.4 Å². The van der Waals surface area contributed by atoms with Gasteiger partial charge < -0.3 is 14.6 Å². The number of sulfonamides is 1. The van der Waals surface area contributed by atoms with Crippen molar-refractivity contribution in [3.63, 3.8) is 0 Å². The number of hydrogen-bond acceptors (Lipinski definition) is 5. The Morgan fingerprint density at radius 2 is 2.00 bits per heavy atom. The van der Waals surface area contributed by atoms with E-state index in [4.69, 9.17) is 4.74 Å². The van der Waals surface area contributed by atoms with E-state index in [9.17, 15) is 18.0 Å². The van der Waals surface area contributed by atoms with Gasteiger partial charge in [-0.1, -0.05) is 12.1 Å². The highest BCUT2D eigenvalue weighted by molar-refractivity contribution is 7.89. The predicted molar refractivity (Wildman–Crippen MR) is 97.2 cm³/mol. The number of aromatic nitrogens is 1. The smallest absolute Gasteiger partial charge is 0.253 e. The van der Waals surface area contributed by atoms with Crippen LogP contribution in [0.5, 0.6) is 5.75 Å². The first kappa shape index (κ1) is 17.7. The van der Waals surface area contributed by atoms with Crippen molar-refractivity contribution >= 4 is 15.9 Å². The second-order valence-corrected chi connectivity index (χ2v) is 8.62. The molecule has 0 aliphatic carbocycles. The number of pyridine rings is 1. The number of nitrogens with one attached hydrogen (secondary N) is 1. The lowest BCUT2D eigenvalue weighted by atomic mass is 10.1. The third-order valence-electron chi connectivity index (χ3n) is 4.91. The summed E-state index contributed by atoms with van der Waals surface area (Å²) in [4.78, 5) is 24.1. The summed E-state index contributed by atoms with van der Waals surface area (Å²) in [6.07, 6.45) is 1.92. The number of ether oxygens (including phenoxy) is 1. The maximum atomic E-state index is 13.0. The predicted octanol–water partition coefficient (Wildman–Crippen LogP) is 0.339. The molecule has 2 aromatic rings. The quantitative estimate of drug-likeness (QED) is 0.799. The van der Waals surface area contributed by atoms with Gasteiger partial charge in [0.1, 0.15) is 17.3 Å². The van der Waals surface area contributed by atoms with E-state index in [1.54, 1.807) is 25.2 Å². The fourth-order valence-electron chi connectivity index (χ4n) is 3.53. The molecular formula is C18H19N3O5S. The molecule has 27 heavy (non-hydrogen) atoms. The molecule has 0 unspecified atom stereocenters. The van der Waals surface area contributed by atoms with Crippen molar-refractivity contribution in [2.75, 3.05) is 13.2 Å². The molecule has 1 saturated heterocycles. The summed E-state index contributed by atoms with van der Waals surface area (Å²) in [5, 5.41) is 2.86. The van der Waals surface area contributed by atoms with Gasteiger partial charge in [0.25, 0.3) is 5.91 Å². The van der Waals surface area contributed by atoms with Crippen LogP contribution in [0.4, 0.5) is 0 Å². The first-order chi connectivity index (χ1) is 12.9. The molecule has 1 N–H and O–H groups in total. The van der Waals surface area contributed by atoms with Crippen molar-refractivity contribution < 1.29 is 17.9 Å². The number of carbonyl (C=O) groups is 1. The summed E-state index contributed by atoms with van der Waals surface area (Å²) in [6.45, 7) is 0.421. The maximum absolute atomic E-state index is 13.0. The van der Waals surface area contributed by atoms with Gasteiger partial charge in [0.05, 0.1) is 11.6 Å². The van der Waals surface area contributed by atoms with E-state index in [1.807, 2.05) is 0 Å². The Morgan fingerprint density at radius 3 is 2.78 bits per heavy atom. The highest BCUT2D eigenvalue weighted by Gasteiger charge is 2.44. The standard InChI is InChI=1S/C18H19N3O5S/c1-20-9-12(6-7-17(20)22)18(23)19-13-8-14-11-26-15-4-2-3-5-16(15)27(24,25)21(14)10-13/h2-7,9,13-14H,8,10-11H2,1H3,(H,19,23)/t13-,14-/m0/s1. The average molecular weight is 389 g/mol. The Morgan fingerprint density at radius 1 is 1.22 bits per heavy atom. The van der Waals surface area contributed by atoms with Gasteiger partial charge in [0.2, 0.25) is 15.6 Å². The first-order valence-corrected chi connectivity index (χ1v) is 10.0. The van der Waals surface area contributed by atoms with Crippen LogP contribution in [0.1, 0.15) is 16.8 Å². The first-order valence-electron chi connectivity index (χ1n) is 8.57. The Kier molecular flexibility index (Phi) is 4.27. The highest BCUT2D eigenvalue weighted by Crippen LogP contribution is 2.35. The molecular weight excluding hydrogens is 370 g/mol. The van der Waals surface area contributed by atoms with Gasteiger partial charge in [-0.05, 0) is 24.6 Å². The summed E-state index contributed by atoms with van der Waals surface area (Å²) in [5.41, 5.74) is 0.145. The van der Waals surface area contributed by atoms with Gasteiger partial charge in [-0.15, -0.1) is 0 Å². The number of hydrogen-bond donors (Lipinski definition) is 1. The van der Waals surface area contributed by atoms with Crippen LogP contribution in [0.25, 0.3) is 0 Å². The molecule has 0 saturated carbocycles. The monoisotopic (exact) mass is 389 g/mol. The lowest BCUT2D eigenvalue weighted by molar-refractivity contribution is 0.0937. The summed E-state index contributed by atoms with van der Waals surface area (Å²) in [7, 11) is -2.12. The second kappa shape index (κ2) is 6.50. The minimum atomic E-state index is -3.69. The molecule has 142 valence electrons. The van der Waals surface area contributed by atoms with Gasteiger partial charge in [0, 0.05) is 31.9 Å². The van der Waals surface area contributed by atoms with Crippen molar-refractivity contribution in [3.8, 4) is 5.75 Å². The number of nitrogens with zero attached hydrogens (tertiary/aromatic N) is 2. The van der Waals surface area contributed by atoms with Gasteiger partial charge in [0.15, 0.2) is 0 Å². The van der Waals surface area contributed by atoms with Gasteiger partial charge >= 0.3 is 0 Å². The third kappa shape index (κ3) is 3.13. The van der Waals surface area contributed by atoms with Gasteiger partial charge in [-0.3, -0.25) is 9.59 Å². The van der Waals surface area contributed by atoms with E-state index in [1.165, 1.54) is 33.3 Å². The van der Waals surface area contributed by atoms with E-state index < -0.39 is 10.0 Å². The SMILES string of the molecule is Cn1cc(C(=O)N[C@H]2C[C@H]3COc4ccccc4S(=O)(=O)N3C2)ccc1=O. The number of benzene rings is 1. The molecule has 0 bridgehead atoms. The van der Waals surface area contributed by atoms with Crippen LogP contribution >= 0.6 is 0 Å². The summed E-state index contributed by atoms with van der Waals surface area (Å²) in [6, 6.07) is 8.69. The topological polar surface area (TPSA) is 97.7 Å². The van der Waals surface area contributed by atoms with E-state index in [2.05, 4.69) is 5.32 Å². The van der Waals surface area contributed by atoms with Crippen LogP contribution in [0.15, 0.2) is 52.3 Å². The molecule has 4 rings (SSSR count). The second-order valence-electron chi connectivity index (χ2n) is 6.76. The highest BCUT2D eigenvalue weighted by atomic mass is 32.2. The van der Waals surface area contributed by atoms with E-state index in [0.29, 0.717) is 17.7 Å². The molecule has 0 spiro atoms. The van der Waals surface area contributed by atoms with Gasteiger partial charge in [-0.25, -0.2) is 8.42 Å². The molecule has 2 aliphatic heterocycles. The number of rotatable bonds is 2. The normalized spacial score (nSPS) is 23.6. The average Bonchev–Trinajstić information content (AvgIpc) is 3.02. The zero-order valence-electron chi connectivity index (χ0n) is 14.7. The molecule has 1 aromatic heterocycles. The molecule has 1 aromatic carbocycles.